The molecule has 0 aliphatic rings. The number of nitrogens with one attached hydrogen (secondary N) is 1. The quantitative estimate of drug-likeness (QED) is 0.775. The molecule has 0 fully saturated rings. The Morgan fingerprint density at radius 3 is 2.59 bits per heavy atom. The van der Waals surface area contributed by atoms with E-state index >= 15 is 0 Å². The van der Waals surface area contributed by atoms with Gasteiger partial charge in [0, 0.05) is 18.3 Å². The molecule has 8 heteroatoms. The van der Waals surface area contributed by atoms with Crippen LogP contribution in [0.1, 0.15) is 31.9 Å². The summed E-state index contributed by atoms with van der Waals surface area (Å²) in [5.74, 6) is -0.181. The number of nitrogens with zero attached hydrogens (tertiary/aromatic N) is 1. The molecular weight excluding hydrogens is 361 g/mol. The molecule has 0 unspecified atom stereocenters. The second-order valence-corrected chi connectivity index (χ2v) is 6.14. The highest BCUT2D eigenvalue weighted by molar-refractivity contribution is 5.80. The summed E-state index contributed by atoms with van der Waals surface area (Å²) >= 11 is 0. The Morgan fingerprint density at radius 1 is 1.19 bits per heavy atom. The van der Waals surface area contributed by atoms with Crippen LogP contribution in [0, 0.1) is 0 Å². The van der Waals surface area contributed by atoms with Gasteiger partial charge in [0.05, 0.1) is 11.7 Å². The van der Waals surface area contributed by atoms with Crippen LogP contribution in [0.5, 0.6) is 11.6 Å². The van der Waals surface area contributed by atoms with E-state index in [1.165, 1.54) is 18.3 Å². The topological polar surface area (TPSA) is 60.5 Å². The van der Waals surface area contributed by atoms with Crippen molar-refractivity contribution in [1.29, 1.82) is 0 Å². The van der Waals surface area contributed by atoms with E-state index in [0.717, 1.165) is 12.1 Å². The molecule has 1 N–H and O–H groups in total. The highest BCUT2D eigenvalue weighted by Crippen LogP contribution is 2.32. The molecule has 5 nitrogen and oxygen atoms in total. The van der Waals surface area contributed by atoms with Crippen LogP contribution in [-0.4, -0.2) is 23.1 Å². The van der Waals surface area contributed by atoms with Crippen molar-refractivity contribution in [2.75, 3.05) is 0 Å². The summed E-state index contributed by atoms with van der Waals surface area (Å²) in [6.45, 7) is 5.39. The average molecular weight is 382 g/mol. The Hall–Kier alpha value is -2.61. The molecular formula is C19H21F3N2O3. The second kappa shape index (κ2) is 8.85. The fourth-order valence-electron chi connectivity index (χ4n) is 2.29. The first-order chi connectivity index (χ1) is 12.7. The zero-order valence-electron chi connectivity index (χ0n) is 15.2. The van der Waals surface area contributed by atoms with Crippen LogP contribution in [0.25, 0.3) is 0 Å². The van der Waals surface area contributed by atoms with Crippen molar-refractivity contribution in [3.8, 4) is 11.6 Å². The Balaban J connectivity index is 2.09. The fraction of sp³-hybridized carbons (Fsp3) is 0.368. The molecule has 1 aromatic carbocycles. The van der Waals surface area contributed by atoms with Gasteiger partial charge in [0.15, 0.2) is 0 Å². The maximum atomic E-state index is 12.8. The number of carbonyl (C=O) groups excluding carboxylic acids is 1. The third-order valence-electron chi connectivity index (χ3n) is 3.52. The van der Waals surface area contributed by atoms with Crippen molar-refractivity contribution in [2.24, 2.45) is 0 Å². The predicted octanol–water partition coefficient (Wildman–Crippen LogP) is 4.32. The van der Waals surface area contributed by atoms with Gasteiger partial charge in [0.25, 0.3) is 0 Å². The van der Waals surface area contributed by atoms with Crippen LogP contribution in [0.2, 0.25) is 0 Å². The van der Waals surface area contributed by atoms with Crippen molar-refractivity contribution < 1.29 is 27.4 Å². The molecule has 1 amide bonds. The number of amides is 1. The smallest absolute Gasteiger partial charge is 0.416 e. The SMILES string of the molecule is CC(C)O[C@@H](C)C(=O)NCc1cccnc1Oc1cccc(C(F)(F)F)c1. The lowest BCUT2D eigenvalue weighted by molar-refractivity contribution is -0.137. The van der Waals surface area contributed by atoms with Crippen molar-refractivity contribution in [3.63, 3.8) is 0 Å². The number of carbonyl (C=O) groups is 1. The molecule has 1 atom stereocenters. The van der Waals surface area contributed by atoms with Gasteiger partial charge in [-0.1, -0.05) is 12.1 Å². The lowest BCUT2D eigenvalue weighted by Gasteiger charge is -2.16. The largest absolute Gasteiger partial charge is 0.439 e. The summed E-state index contributed by atoms with van der Waals surface area (Å²) in [6, 6.07) is 7.84. The van der Waals surface area contributed by atoms with Crippen LogP contribution < -0.4 is 10.1 Å². The first-order valence-corrected chi connectivity index (χ1v) is 8.39. The summed E-state index contributed by atoms with van der Waals surface area (Å²) in [5, 5.41) is 2.70. The molecule has 0 saturated carbocycles. The van der Waals surface area contributed by atoms with E-state index in [1.54, 1.807) is 19.1 Å². The lowest BCUT2D eigenvalue weighted by atomic mass is 10.2. The minimum Gasteiger partial charge on any atom is -0.439 e. The van der Waals surface area contributed by atoms with Gasteiger partial charge in [-0.25, -0.2) is 4.98 Å². The number of alkyl halides is 3. The molecule has 27 heavy (non-hydrogen) atoms. The van der Waals surface area contributed by atoms with Crippen molar-refractivity contribution in [1.82, 2.24) is 10.3 Å². The number of rotatable bonds is 7. The summed E-state index contributed by atoms with van der Waals surface area (Å²) in [7, 11) is 0. The van der Waals surface area contributed by atoms with E-state index in [9.17, 15) is 18.0 Å². The van der Waals surface area contributed by atoms with Crippen molar-refractivity contribution in [3.05, 3.63) is 53.7 Å². The van der Waals surface area contributed by atoms with Crippen molar-refractivity contribution in [2.45, 2.75) is 45.7 Å². The number of aromatic nitrogens is 1. The van der Waals surface area contributed by atoms with Gasteiger partial charge in [-0.3, -0.25) is 4.79 Å². The summed E-state index contributed by atoms with van der Waals surface area (Å²) < 4.78 is 49.4. The first kappa shape index (κ1) is 20.7. The molecule has 2 aromatic rings. The number of pyridine rings is 1. The minimum atomic E-state index is -4.47. The highest BCUT2D eigenvalue weighted by Gasteiger charge is 2.30. The van der Waals surface area contributed by atoms with E-state index in [1.807, 2.05) is 13.8 Å². The van der Waals surface area contributed by atoms with E-state index in [-0.39, 0.29) is 30.2 Å². The van der Waals surface area contributed by atoms with E-state index < -0.39 is 17.8 Å². The standard InChI is InChI=1S/C19H21F3N2O3/c1-12(2)26-13(3)17(25)24-11-14-6-5-9-23-18(14)27-16-8-4-7-15(10-16)19(20,21)22/h4-10,12-13H,11H2,1-3H3,(H,24,25)/t13-/m0/s1. The maximum absolute atomic E-state index is 12.8. The number of halogens is 3. The van der Waals surface area contributed by atoms with Crippen LogP contribution in [-0.2, 0) is 22.3 Å². The van der Waals surface area contributed by atoms with Gasteiger partial charge < -0.3 is 14.8 Å². The maximum Gasteiger partial charge on any atom is 0.416 e. The molecule has 0 aliphatic carbocycles. The van der Waals surface area contributed by atoms with Crippen LogP contribution in [0.15, 0.2) is 42.6 Å². The Labute approximate surface area is 155 Å². The molecule has 2 rings (SSSR count). The third kappa shape index (κ3) is 6.25. The summed E-state index contributed by atoms with van der Waals surface area (Å²) in [4.78, 5) is 16.1. The van der Waals surface area contributed by atoms with Crippen LogP contribution in [0.4, 0.5) is 13.2 Å². The van der Waals surface area contributed by atoms with E-state index in [0.29, 0.717) is 5.56 Å². The van der Waals surface area contributed by atoms with Gasteiger partial charge in [0.2, 0.25) is 11.8 Å². The Morgan fingerprint density at radius 2 is 1.93 bits per heavy atom. The zero-order chi connectivity index (χ0) is 20.0. The number of ether oxygens (including phenoxy) is 2. The Kier molecular flexibility index (Phi) is 6.79. The molecule has 0 aliphatic heterocycles. The summed E-state index contributed by atoms with van der Waals surface area (Å²) in [6.07, 6.45) is -3.73. The minimum absolute atomic E-state index is 0.00705. The monoisotopic (exact) mass is 382 g/mol. The van der Waals surface area contributed by atoms with E-state index in [4.69, 9.17) is 9.47 Å². The molecule has 0 bridgehead atoms. The molecule has 0 radical (unpaired) electrons. The van der Waals surface area contributed by atoms with Gasteiger partial charge in [-0.05, 0) is 45.0 Å². The fourth-order valence-corrected chi connectivity index (χ4v) is 2.29. The second-order valence-electron chi connectivity index (χ2n) is 6.14. The lowest BCUT2D eigenvalue weighted by Crippen LogP contribution is -2.35. The van der Waals surface area contributed by atoms with Crippen LogP contribution in [0.3, 0.4) is 0 Å². The van der Waals surface area contributed by atoms with Gasteiger partial charge in [-0.2, -0.15) is 13.2 Å². The number of benzene rings is 1. The number of hydrogen-bond acceptors (Lipinski definition) is 4. The molecule has 0 spiro atoms. The van der Waals surface area contributed by atoms with E-state index in [2.05, 4.69) is 10.3 Å². The first-order valence-electron chi connectivity index (χ1n) is 8.39. The molecule has 1 heterocycles. The summed E-state index contributed by atoms with van der Waals surface area (Å²) in [5.41, 5.74) is -0.287. The third-order valence-corrected chi connectivity index (χ3v) is 3.52. The van der Waals surface area contributed by atoms with Crippen LogP contribution >= 0.6 is 0 Å². The van der Waals surface area contributed by atoms with Gasteiger partial charge in [0.1, 0.15) is 11.9 Å². The Bertz CT molecular complexity index is 779. The average Bonchev–Trinajstić information content (AvgIpc) is 2.59. The molecule has 0 saturated heterocycles. The normalized spacial score (nSPS) is 12.7. The van der Waals surface area contributed by atoms with Crippen molar-refractivity contribution >= 4 is 5.91 Å². The number of hydrogen-bond donors (Lipinski definition) is 1. The molecule has 1 aromatic heterocycles. The highest BCUT2D eigenvalue weighted by atomic mass is 19.4. The van der Waals surface area contributed by atoms with Gasteiger partial charge in [-0.15, -0.1) is 0 Å². The predicted molar refractivity (Wildman–Crippen MR) is 93.3 cm³/mol. The zero-order valence-corrected chi connectivity index (χ0v) is 15.2. The van der Waals surface area contributed by atoms with Gasteiger partial charge >= 0.3 is 6.18 Å². The molecule has 146 valence electrons.